The van der Waals surface area contributed by atoms with Gasteiger partial charge in [0.05, 0.1) is 33.6 Å². The number of nitrogens with zero attached hydrogens (tertiary/aromatic N) is 4. The predicted octanol–water partition coefficient (Wildman–Crippen LogP) is 15.6. The van der Waals surface area contributed by atoms with Crippen LogP contribution in [0.2, 0.25) is 0 Å². The third-order valence-corrected chi connectivity index (χ3v) is 12.5. The molecule has 0 bridgehead atoms. The molecule has 5 heteroatoms. The van der Waals surface area contributed by atoms with Crippen LogP contribution < -0.4 is 9.64 Å². The average molecular weight is 805 g/mol. The van der Waals surface area contributed by atoms with E-state index in [9.17, 15) is 0 Å². The second-order valence-corrected chi connectivity index (χ2v) is 16.1. The summed E-state index contributed by atoms with van der Waals surface area (Å²) < 4.78 is 9.02. The molecule has 0 fully saturated rings. The standard InChI is InChI=1S/C58H36N4O/c1-3-17-39(18-4-1)55-48-32-29-38-16-8-10-24-45(38)56(48)60-58(59-55)41-19-13-22-43(35-41)62-50-33-30-37-15-7-9-23-44(37)54(50)47-26-14-25-46(57(47)62)40-31-34-53-51(36-40)61(42-20-5-2-6-21-42)49-27-11-12-28-52(49)63-53/h1-36H. The maximum atomic E-state index is 6.58. The monoisotopic (exact) mass is 804 g/mol. The van der Waals surface area contributed by atoms with E-state index in [1.807, 2.05) is 18.2 Å². The molecule has 5 nitrogen and oxygen atoms in total. The van der Waals surface area contributed by atoms with Crippen LogP contribution in [0.1, 0.15) is 0 Å². The van der Waals surface area contributed by atoms with Gasteiger partial charge in [-0.05, 0) is 82.4 Å². The lowest BCUT2D eigenvalue weighted by atomic mass is 9.98. The second-order valence-electron chi connectivity index (χ2n) is 16.1. The number of anilines is 3. The fourth-order valence-electron chi connectivity index (χ4n) is 9.71. The number of ether oxygens (including phenoxy) is 1. The van der Waals surface area contributed by atoms with Crippen molar-refractivity contribution in [2.75, 3.05) is 4.90 Å². The first-order valence-corrected chi connectivity index (χ1v) is 21.3. The summed E-state index contributed by atoms with van der Waals surface area (Å²) in [6.45, 7) is 0. The molecule has 0 aliphatic carbocycles. The number of hydrogen-bond acceptors (Lipinski definition) is 4. The van der Waals surface area contributed by atoms with Gasteiger partial charge in [0.15, 0.2) is 17.3 Å². The third kappa shape index (κ3) is 5.57. The molecule has 0 unspecified atom stereocenters. The summed E-state index contributed by atoms with van der Waals surface area (Å²) >= 11 is 0. The van der Waals surface area contributed by atoms with E-state index in [2.05, 4.69) is 210 Å². The first kappa shape index (κ1) is 35.2. The summed E-state index contributed by atoms with van der Waals surface area (Å²) in [5, 5.41) is 8.11. The molecule has 63 heavy (non-hydrogen) atoms. The van der Waals surface area contributed by atoms with Gasteiger partial charge in [-0.2, -0.15) is 0 Å². The normalized spacial score (nSPS) is 12.2. The molecule has 13 rings (SSSR count). The maximum absolute atomic E-state index is 6.58. The van der Waals surface area contributed by atoms with Gasteiger partial charge in [0.1, 0.15) is 0 Å². The topological polar surface area (TPSA) is 43.2 Å². The fraction of sp³-hybridized carbons (Fsp3) is 0. The van der Waals surface area contributed by atoms with Crippen LogP contribution in [0.3, 0.4) is 0 Å². The minimum atomic E-state index is 0.682. The van der Waals surface area contributed by atoms with Crippen molar-refractivity contribution in [3.8, 4) is 51.0 Å². The van der Waals surface area contributed by atoms with Gasteiger partial charge in [0.25, 0.3) is 0 Å². The molecule has 12 aromatic rings. The molecule has 0 radical (unpaired) electrons. The van der Waals surface area contributed by atoms with E-state index < -0.39 is 0 Å². The quantitative estimate of drug-likeness (QED) is 0.163. The molecule has 1 aliphatic rings. The van der Waals surface area contributed by atoms with Crippen molar-refractivity contribution in [3.05, 3.63) is 218 Å². The zero-order chi connectivity index (χ0) is 41.4. The van der Waals surface area contributed by atoms with Crippen molar-refractivity contribution in [3.63, 3.8) is 0 Å². The molecule has 0 amide bonds. The van der Waals surface area contributed by atoms with E-state index in [0.29, 0.717) is 5.82 Å². The van der Waals surface area contributed by atoms with E-state index >= 15 is 0 Å². The highest BCUT2D eigenvalue weighted by Gasteiger charge is 2.27. The van der Waals surface area contributed by atoms with E-state index in [0.717, 1.165) is 94.9 Å². The Morgan fingerprint density at radius 2 is 1.06 bits per heavy atom. The molecule has 0 N–H and O–H groups in total. The second kappa shape index (κ2) is 14.0. The van der Waals surface area contributed by atoms with Crippen LogP contribution in [-0.4, -0.2) is 14.5 Å². The number of benzene rings is 10. The Bertz CT molecular complexity index is 3780. The Balaban J connectivity index is 1.06. The lowest BCUT2D eigenvalue weighted by Gasteiger charge is -2.33. The highest BCUT2D eigenvalue weighted by molar-refractivity contribution is 6.23. The Hall–Kier alpha value is -8.54. The molecule has 0 saturated carbocycles. The molecule has 1 aliphatic heterocycles. The zero-order valence-electron chi connectivity index (χ0n) is 34.0. The maximum Gasteiger partial charge on any atom is 0.160 e. The molecule has 2 aromatic heterocycles. The first-order chi connectivity index (χ1) is 31.2. The Morgan fingerprint density at radius 1 is 0.397 bits per heavy atom. The number of aromatic nitrogens is 3. The van der Waals surface area contributed by atoms with E-state index in [1.165, 1.54) is 21.5 Å². The molecule has 0 spiro atoms. The van der Waals surface area contributed by atoms with Gasteiger partial charge in [0, 0.05) is 49.6 Å². The van der Waals surface area contributed by atoms with Crippen LogP contribution in [-0.2, 0) is 0 Å². The van der Waals surface area contributed by atoms with Crippen LogP contribution in [0, 0.1) is 0 Å². The van der Waals surface area contributed by atoms with E-state index in [1.54, 1.807) is 0 Å². The molecular formula is C58H36N4O. The Kier molecular flexibility index (Phi) is 7.84. The van der Waals surface area contributed by atoms with Crippen molar-refractivity contribution >= 4 is 71.3 Å². The molecule has 294 valence electrons. The summed E-state index contributed by atoms with van der Waals surface area (Å²) in [7, 11) is 0. The summed E-state index contributed by atoms with van der Waals surface area (Å²) in [4.78, 5) is 13.0. The van der Waals surface area contributed by atoms with E-state index in [-0.39, 0.29) is 0 Å². The van der Waals surface area contributed by atoms with Gasteiger partial charge in [-0.1, -0.05) is 158 Å². The van der Waals surface area contributed by atoms with E-state index in [4.69, 9.17) is 14.7 Å². The molecule has 10 aromatic carbocycles. The molecular weight excluding hydrogens is 769 g/mol. The van der Waals surface area contributed by atoms with Crippen molar-refractivity contribution in [1.29, 1.82) is 0 Å². The van der Waals surface area contributed by atoms with Crippen molar-refractivity contribution in [2.24, 2.45) is 0 Å². The number of fused-ring (bicyclic) bond motifs is 10. The number of rotatable bonds is 5. The zero-order valence-corrected chi connectivity index (χ0v) is 34.0. The van der Waals surface area contributed by atoms with Crippen molar-refractivity contribution in [2.45, 2.75) is 0 Å². The summed E-state index contributed by atoms with van der Waals surface area (Å²) in [6.07, 6.45) is 0. The van der Waals surface area contributed by atoms with Crippen LogP contribution in [0.5, 0.6) is 11.5 Å². The SMILES string of the molecule is c1ccc(-c2nc(-c3cccc(-n4c5ccc6ccccc6c5c5cccc(-c6ccc7c(c6)N(c6ccccc6)c6ccccc6O7)c54)c3)nc3c2ccc2ccccc23)cc1. The lowest BCUT2D eigenvalue weighted by Crippen LogP contribution is -2.15. The molecule has 3 heterocycles. The third-order valence-electron chi connectivity index (χ3n) is 12.5. The van der Waals surface area contributed by atoms with Crippen molar-refractivity contribution in [1.82, 2.24) is 14.5 Å². The van der Waals surface area contributed by atoms with Crippen LogP contribution in [0.4, 0.5) is 17.1 Å². The largest absolute Gasteiger partial charge is 0.453 e. The highest BCUT2D eigenvalue weighted by atomic mass is 16.5. The Morgan fingerprint density at radius 3 is 1.94 bits per heavy atom. The van der Waals surface area contributed by atoms with Gasteiger partial charge < -0.3 is 14.2 Å². The van der Waals surface area contributed by atoms with Gasteiger partial charge >= 0.3 is 0 Å². The minimum Gasteiger partial charge on any atom is -0.453 e. The van der Waals surface area contributed by atoms with Gasteiger partial charge in [-0.25, -0.2) is 9.97 Å². The summed E-state index contributed by atoms with van der Waals surface area (Å²) in [5.41, 5.74) is 12.4. The highest BCUT2D eigenvalue weighted by Crippen LogP contribution is 2.52. The van der Waals surface area contributed by atoms with Gasteiger partial charge in [0.2, 0.25) is 0 Å². The number of para-hydroxylation sites is 4. The summed E-state index contributed by atoms with van der Waals surface area (Å²) in [6, 6.07) is 77.3. The molecule has 0 atom stereocenters. The van der Waals surface area contributed by atoms with Crippen LogP contribution in [0.15, 0.2) is 218 Å². The van der Waals surface area contributed by atoms with Crippen molar-refractivity contribution < 1.29 is 4.74 Å². The predicted molar refractivity (Wildman–Crippen MR) is 260 cm³/mol. The Labute approximate surface area is 363 Å². The fourth-order valence-corrected chi connectivity index (χ4v) is 9.71. The van der Waals surface area contributed by atoms with Gasteiger partial charge in [-0.3, -0.25) is 0 Å². The minimum absolute atomic E-state index is 0.682. The smallest absolute Gasteiger partial charge is 0.160 e. The lowest BCUT2D eigenvalue weighted by molar-refractivity contribution is 0.477. The van der Waals surface area contributed by atoms with Crippen LogP contribution >= 0.6 is 0 Å². The average Bonchev–Trinajstić information content (AvgIpc) is 3.71. The first-order valence-electron chi connectivity index (χ1n) is 21.3. The summed E-state index contributed by atoms with van der Waals surface area (Å²) in [5.74, 6) is 2.32. The molecule has 0 saturated heterocycles. The van der Waals surface area contributed by atoms with Gasteiger partial charge in [-0.15, -0.1) is 0 Å². The van der Waals surface area contributed by atoms with Crippen LogP contribution in [0.25, 0.3) is 93.7 Å². The number of hydrogen-bond donors (Lipinski definition) is 0.